The monoisotopic (exact) mass is 467 g/mol. The SMILES string of the molecule is CCOC1CN(C(=O)c2cc3c(OC)cccc3[nH]2)C(C(N)=O)([C@@H](C#N)C[C@H]2CCNC2=O)C1. The summed E-state index contributed by atoms with van der Waals surface area (Å²) in [7, 11) is 1.55. The number of aromatic nitrogens is 1. The Balaban J connectivity index is 1.76. The average Bonchev–Trinajstić information content (AvgIpc) is 3.54. The number of amides is 3. The van der Waals surface area contributed by atoms with Gasteiger partial charge in [0.2, 0.25) is 11.8 Å². The Morgan fingerprint density at radius 3 is 2.82 bits per heavy atom. The van der Waals surface area contributed by atoms with E-state index >= 15 is 0 Å². The maximum atomic E-state index is 13.8. The number of nitrogens with two attached hydrogens (primary N) is 1. The first-order valence-corrected chi connectivity index (χ1v) is 11.4. The molecule has 10 heteroatoms. The number of carbonyl (C=O) groups excluding carboxylic acids is 3. The van der Waals surface area contributed by atoms with Crippen molar-refractivity contribution in [3.05, 3.63) is 30.0 Å². The quantitative estimate of drug-likeness (QED) is 0.533. The number of carbonyl (C=O) groups is 3. The van der Waals surface area contributed by atoms with Crippen LogP contribution in [-0.2, 0) is 14.3 Å². The van der Waals surface area contributed by atoms with E-state index < -0.39 is 35.3 Å². The minimum Gasteiger partial charge on any atom is -0.496 e. The number of ether oxygens (including phenoxy) is 2. The van der Waals surface area contributed by atoms with E-state index in [-0.39, 0.29) is 31.0 Å². The number of likely N-dealkylation sites (tertiary alicyclic amines) is 1. The maximum Gasteiger partial charge on any atom is 0.271 e. The van der Waals surface area contributed by atoms with E-state index in [2.05, 4.69) is 16.4 Å². The molecule has 4 rings (SSSR count). The van der Waals surface area contributed by atoms with Crippen molar-refractivity contribution in [2.45, 2.75) is 37.8 Å². The molecule has 0 bridgehead atoms. The number of methoxy groups -OCH3 is 1. The van der Waals surface area contributed by atoms with Gasteiger partial charge in [0.1, 0.15) is 17.0 Å². The predicted octanol–water partition coefficient (Wildman–Crippen LogP) is 1.32. The molecule has 2 saturated heterocycles. The molecule has 3 amide bonds. The van der Waals surface area contributed by atoms with Gasteiger partial charge in [-0.1, -0.05) is 6.07 Å². The summed E-state index contributed by atoms with van der Waals surface area (Å²) < 4.78 is 11.2. The maximum absolute atomic E-state index is 13.8. The molecule has 0 radical (unpaired) electrons. The van der Waals surface area contributed by atoms with Crippen molar-refractivity contribution in [2.24, 2.45) is 17.6 Å². The number of primary amides is 1. The van der Waals surface area contributed by atoms with Crippen molar-refractivity contribution < 1.29 is 23.9 Å². The third-order valence-corrected chi connectivity index (χ3v) is 6.97. The Morgan fingerprint density at radius 1 is 1.41 bits per heavy atom. The molecule has 1 aromatic heterocycles. The van der Waals surface area contributed by atoms with Crippen molar-refractivity contribution >= 4 is 28.6 Å². The first kappa shape index (κ1) is 23.6. The van der Waals surface area contributed by atoms with Crippen LogP contribution in [0.15, 0.2) is 24.3 Å². The lowest BCUT2D eigenvalue weighted by molar-refractivity contribution is -0.131. The molecule has 0 aliphatic carbocycles. The molecule has 1 aromatic carbocycles. The number of nitrogens with zero attached hydrogens (tertiary/aromatic N) is 2. The van der Waals surface area contributed by atoms with Crippen LogP contribution in [0.5, 0.6) is 5.75 Å². The van der Waals surface area contributed by atoms with E-state index in [1.807, 2.05) is 13.0 Å². The van der Waals surface area contributed by atoms with Gasteiger partial charge in [0, 0.05) is 42.9 Å². The molecule has 2 aliphatic heterocycles. The van der Waals surface area contributed by atoms with Gasteiger partial charge in [0.15, 0.2) is 0 Å². The summed E-state index contributed by atoms with van der Waals surface area (Å²) in [5.74, 6) is -2.17. The van der Waals surface area contributed by atoms with Crippen molar-refractivity contribution in [3.8, 4) is 11.8 Å². The van der Waals surface area contributed by atoms with Crippen LogP contribution < -0.4 is 15.8 Å². The van der Waals surface area contributed by atoms with Gasteiger partial charge in [-0.2, -0.15) is 5.26 Å². The molecule has 4 atom stereocenters. The van der Waals surface area contributed by atoms with Crippen LogP contribution in [0.3, 0.4) is 0 Å². The zero-order valence-corrected chi connectivity index (χ0v) is 19.3. The summed E-state index contributed by atoms with van der Waals surface area (Å²) in [6, 6.07) is 9.28. The minimum atomic E-state index is -1.60. The van der Waals surface area contributed by atoms with Crippen molar-refractivity contribution in [1.82, 2.24) is 15.2 Å². The second kappa shape index (κ2) is 9.35. The number of fused-ring (bicyclic) bond motifs is 1. The zero-order valence-electron chi connectivity index (χ0n) is 19.3. The summed E-state index contributed by atoms with van der Waals surface area (Å²) in [5, 5.41) is 13.6. The number of hydrogen-bond acceptors (Lipinski definition) is 6. The van der Waals surface area contributed by atoms with Crippen LogP contribution in [0.4, 0.5) is 0 Å². The molecule has 4 N–H and O–H groups in total. The molecular weight excluding hydrogens is 438 g/mol. The highest BCUT2D eigenvalue weighted by molar-refractivity contribution is 6.03. The van der Waals surface area contributed by atoms with E-state index in [1.165, 1.54) is 4.90 Å². The van der Waals surface area contributed by atoms with Crippen molar-refractivity contribution in [3.63, 3.8) is 0 Å². The topological polar surface area (TPSA) is 151 Å². The molecule has 0 saturated carbocycles. The Labute approximate surface area is 197 Å². The van der Waals surface area contributed by atoms with E-state index in [9.17, 15) is 19.6 Å². The fourth-order valence-corrected chi connectivity index (χ4v) is 5.31. The first-order valence-electron chi connectivity index (χ1n) is 11.4. The normalized spacial score (nSPS) is 25.2. The van der Waals surface area contributed by atoms with Gasteiger partial charge in [-0.3, -0.25) is 14.4 Å². The minimum absolute atomic E-state index is 0.0953. The highest BCUT2D eigenvalue weighted by Gasteiger charge is 2.58. The van der Waals surface area contributed by atoms with Crippen LogP contribution in [0.2, 0.25) is 0 Å². The molecule has 2 unspecified atom stereocenters. The summed E-state index contributed by atoms with van der Waals surface area (Å²) in [4.78, 5) is 43.5. The highest BCUT2D eigenvalue weighted by atomic mass is 16.5. The van der Waals surface area contributed by atoms with Crippen LogP contribution in [0.1, 0.15) is 36.7 Å². The number of nitrogens with one attached hydrogen (secondary N) is 2. The number of nitriles is 1. The summed E-state index contributed by atoms with van der Waals surface area (Å²) in [6.07, 6.45) is 0.330. The Hall–Kier alpha value is -3.58. The van der Waals surface area contributed by atoms with E-state index in [1.54, 1.807) is 25.3 Å². The van der Waals surface area contributed by atoms with Crippen LogP contribution >= 0.6 is 0 Å². The molecule has 180 valence electrons. The molecule has 34 heavy (non-hydrogen) atoms. The molecule has 2 aliphatic rings. The fraction of sp³-hybridized carbons (Fsp3) is 0.500. The molecular formula is C24H29N5O5. The van der Waals surface area contributed by atoms with Crippen LogP contribution in [0.25, 0.3) is 10.9 Å². The largest absolute Gasteiger partial charge is 0.496 e. The van der Waals surface area contributed by atoms with Gasteiger partial charge in [0.25, 0.3) is 5.91 Å². The Morgan fingerprint density at radius 2 is 2.21 bits per heavy atom. The highest BCUT2D eigenvalue weighted by Crippen LogP contribution is 2.42. The van der Waals surface area contributed by atoms with Gasteiger partial charge in [-0.05, 0) is 38.0 Å². The van der Waals surface area contributed by atoms with Crippen molar-refractivity contribution in [1.29, 1.82) is 5.26 Å². The smallest absolute Gasteiger partial charge is 0.271 e. The van der Waals surface area contributed by atoms with E-state index in [4.69, 9.17) is 15.2 Å². The van der Waals surface area contributed by atoms with Gasteiger partial charge >= 0.3 is 0 Å². The average molecular weight is 468 g/mol. The van der Waals surface area contributed by atoms with E-state index in [0.29, 0.717) is 30.8 Å². The summed E-state index contributed by atoms with van der Waals surface area (Å²) >= 11 is 0. The number of hydrogen-bond donors (Lipinski definition) is 3. The lowest BCUT2D eigenvalue weighted by Gasteiger charge is -2.39. The number of H-pyrrole nitrogens is 1. The Kier molecular flexibility index (Phi) is 6.48. The third kappa shape index (κ3) is 3.86. The van der Waals surface area contributed by atoms with Crippen LogP contribution in [-0.4, -0.2) is 66.1 Å². The lowest BCUT2D eigenvalue weighted by Crippen LogP contribution is -2.60. The molecule has 0 spiro atoms. The standard InChI is InChI=1S/C24H29N5O5/c1-3-34-16-11-24(23(26)32,15(12-25)9-14-7-8-27-21(14)30)29(13-16)22(31)19-10-17-18(28-19)5-4-6-20(17)33-2/h4-6,10,14-16,28H,3,7-9,11,13H2,1-2H3,(H2,26,32)(H,27,30)/t14-,15-,16?,24?/m1/s1. The third-order valence-electron chi connectivity index (χ3n) is 6.97. The second-order valence-corrected chi connectivity index (χ2v) is 8.78. The van der Waals surface area contributed by atoms with Crippen LogP contribution in [0, 0.1) is 23.2 Å². The number of benzene rings is 1. The number of aromatic amines is 1. The van der Waals surface area contributed by atoms with E-state index in [0.717, 1.165) is 5.39 Å². The summed E-state index contributed by atoms with van der Waals surface area (Å²) in [6.45, 7) is 2.84. The fourth-order valence-electron chi connectivity index (χ4n) is 5.31. The first-order chi connectivity index (χ1) is 16.3. The molecule has 3 heterocycles. The molecule has 2 aromatic rings. The van der Waals surface area contributed by atoms with Crippen molar-refractivity contribution in [2.75, 3.05) is 26.8 Å². The lowest BCUT2D eigenvalue weighted by atomic mass is 9.76. The zero-order chi connectivity index (χ0) is 24.5. The van der Waals surface area contributed by atoms with Gasteiger partial charge in [-0.25, -0.2) is 0 Å². The predicted molar refractivity (Wildman–Crippen MR) is 123 cm³/mol. The molecule has 2 fully saturated rings. The van der Waals surface area contributed by atoms with Gasteiger partial charge in [0.05, 0.1) is 25.2 Å². The van der Waals surface area contributed by atoms with Gasteiger partial charge in [-0.15, -0.1) is 0 Å². The van der Waals surface area contributed by atoms with Gasteiger partial charge < -0.3 is 30.4 Å². The number of rotatable bonds is 8. The Bertz CT molecular complexity index is 1150. The molecule has 10 nitrogen and oxygen atoms in total. The second-order valence-electron chi connectivity index (χ2n) is 8.78. The summed E-state index contributed by atoms with van der Waals surface area (Å²) in [5.41, 5.74) is 5.28.